The molecule has 27 heavy (non-hydrogen) atoms. The van der Waals surface area contributed by atoms with Gasteiger partial charge in [0, 0.05) is 23.4 Å². The molecule has 0 saturated carbocycles. The van der Waals surface area contributed by atoms with Crippen molar-refractivity contribution in [2.24, 2.45) is 0 Å². The van der Waals surface area contributed by atoms with E-state index in [4.69, 9.17) is 4.74 Å². The van der Waals surface area contributed by atoms with Gasteiger partial charge in [-0.3, -0.25) is 9.59 Å². The summed E-state index contributed by atoms with van der Waals surface area (Å²) in [6.07, 6.45) is 0. The molecule has 1 saturated heterocycles. The van der Waals surface area contributed by atoms with Crippen LogP contribution in [0.2, 0.25) is 0 Å². The Bertz CT molecular complexity index is 866. The lowest BCUT2D eigenvalue weighted by Crippen LogP contribution is -2.55. The number of morpholine rings is 1. The molecule has 142 valence electrons. The zero-order chi connectivity index (χ0) is 19.6. The normalized spacial score (nSPS) is 16.1. The summed E-state index contributed by atoms with van der Waals surface area (Å²) in [4.78, 5) is 26.7. The number of nitrogens with zero attached hydrogens (tertiary/aromatic N) is 1. The number of carbonyl (C=O) groups excluding carboxylic acids is 2. The predicted octanol–water partition coefficient (Wildman–Crippen LogP) is 3.47. The fraction of sp³-hybridized carbons (Fsp3) is 0.300. The third-order valence-corrected chi connectivity index (χ3v) is 4.46. The van der Waals surface area contributed by atoms with E-state index in [1.807, 2.05) is 13.8 Å². The van der Waals surface area contributed by atoms with Gasteiger partial charge in [0.15, 0.2) is 11.6 Å². The number of hydrogen-bond acceptors (Lipinski definition) is 3. The minimum absolute atomic E-state index is 0.00381. The molecule has 0 radical (unpaired) electrons. The van der Waals surface area contributed by atoms with Crippen LogP contribution in [0.3, 0.4) is 0 Å². The minimum atomic E-state index is -1.09. The fourth-order valence-corrected chi connectivity index (χ4v) is 2.93. The van der Waals surface area contributed by atoms with E-state index in [0.29, 0.717) is 31.0 Å². The van der Waals surface area contributed by atoms with Gasteiger partial charge in [-0.15, -0.1) is 0 Å². The summed E-state index contributed by atoms with van der Waals surface area (Å²) in [5.74, 6) is -2.78. The number of ether oxygens (including phenoxy) is 1. The second kappa shape index (κ2) is 7.44. The quantitative estimate of drug-likeness (QED) is 0.895. The summed E-state index contributed by atoms with van der Waals surface area (Å²) in [5, 5.41) is 2.59. The molecule has 2 amide bonds. The van der Waals surface area contributed by atoms with Crippen molar-refractivity contribution in [3.63, 3.8) is 0 Å². The molecule has 2 aromatic carbocycles. The van der Waals surface area contributed by atoms with Gasteiger partial charge in [-0.1, -0.05) is 0 Å². The van der Waals surface area contributed by atoms with Crippen molar-refractivity contribution in [2.45, 2.75) is 19.4 Å². The smallest absolute Gasteiger partial charge is 0.255 e. The fourth-order valence-electron chi connectivity index (χ4n) is 2.93. The van der Waals surface area contributed by atoms with Crippen molar-refractivity contribution < 1.29 is 23.1 Å². The van der Waals surface area contributed by atoms with Gasteiger partial charge < -0.3 is 15.0 Å². The van der Waals surface area contributed by atoms with Crippen molar-refractivity contribution in [2.75, 3.05) is 25.1 Å². The zero-order valence-corrected chi connectivity index (χ0v) is 15.1. The van der Waals surface area contributed by atoms with Crippen LogP contribution in [-0.4, -0.2) is 42.0 Å². The molecule has 1 aliphatic heterocycles. The van der Waals surface area contributed by atoms with E-state index in [2.05, 4.69) is 5.32 Å². The lowest BCUT2D eigenvalue weighted by atomic mass is 10.0. The maximum atomic E-state index is 13.3. The highest BCUT2D eigenvalue weighted by Crippen LogP contribution is 2.22. The molecule has 0 bridgehead atoms. The molecule has 2 aromatic rings. The molecule has 7 heteroatoms. The van der Waals surface area contributed by atoms with Crippen LogP contribution in [0.25, 0.3) is 0 Å². The second-order valence-electron chi connectivity index (χ2n) is 6.98. The van der Waals surface area contributed by atoms with Crippen LogP contribution in [0.5, 0.6) is 0 Å². The molecule has 3 rings (SSSR count). The molecule has 1 aliphatic rings. The predicted molar refractivity (Wildman–Crippen MR) is 96.7 cm³/mol. The number of benzene rings is 2. The van der Waals surface area contributed by atoms with Gasteiger partial charge in [0.1, 0.15) is 0 Å². The lowest BCUT2D eigenvalue weighted by molar-refractivity contribution is -0.0370. The maximum Gasteiger partial charge on any atom is 0.255 e. The number of rotatable bonds is 3. The van der Waals surface area contributed by atoms with Crippen LogP contribution in [-0.2, 0) is 4.74 Å². The van der Waals surface area contributed by atoms with Gasteiger partial charge in [-0.25, -0.2) is 8.78 Å². The van der Waals surface area contributed by atoms with Crippen molar-refractivity contribution >= 4 is 17.5 Å². The van der Waals surface area contributed by atoms with Crippen LogP contribution in [0.1, 0.15) is 34.6 Å². The monoisotopic (exact) mass is 374 g/mol. The molecule has 5 nitrogen and oxygen atoms in total. The van der Waals surface area contributed by atoms with Gasteiger partial charge in [-0.2, -0.15) is 0 Å². The molecular weight excluding hydrogens is 354 g/mol. The summed E-state index contributed by atoms with van der Waals surface area (Å²) >= 11 is 0. The average Bonchev–Trinajstić information content (AvgIpc) is 2.63. The minimum Gasteiger partial charge on any atom is -0.377 e. The van der Waals surface area contributed by atoms with Crippen LogP contribution in [0.4, 0.5) is 14.5 Å². The Labute approximate surface area is 155 Å². The van der Waals surface area contributed by atoms with Crippen LogP contribution >= 0.6 is 0 Å². The highest BCUT2D eigenvalue weighted by molar-refractivity contribution is 6.04. The van der Waals surface area contributed by atoms with Crippen molar-refractivity contribution in [3.05, 3.63) is 65.2 Å². The Morgan fingerprint density at radius 2 is 1.70 bits per heavy atom. The Balaban J connectivity index is 1.70. The molecule has 0 spiro atoms. The van der Waals surface area contributed by atoms with Crippen molar-refractivity contribution in [3.8, 4) is 0 Å². The lowest BCUT2D eigenvalue weighted by Gasteiger charge is -2.42. The SMILES string of the molecule is CC1(C)COCCN1C(=O)c1ccc(NC(=O)c2ccc(F)c(F)c2)cc1. The van der Waals surface area contributed by atoms with E-state index in [9.17, 15) is 18.4 Å². The standard InChI is InChI=1S/C20H20F2N2O3/c1-20(2)12-27-10-9-24(20)19(26)13-3-6-15(7-4-13)23-18(25)14-5-8-16(21)17(22)11-14/h3-8,11H,9-10,12H2,1-2H3,(H,23,25). The maximum absolute atomic E-state index is 13.3. The van der Waals surface area contributed by atoms with Gasteiger partial charge in [0.25, 0.3) is 11.8 Å². The molecule has 0 aromatic heterocycles. The molecule has 0 aliphatic carbocycles. The van der Waals surface area contributed by atoms with Crippen LogP contribution in [0, 0.1) is 11.6 Å². The van der Waals surface area contributed by atoms with Crippen LogP contribution < -0.4 is 5.32 Å². The third kappa shape index (κ3) is 4.14. The number of hydrogen-bond donors (Lipinski definition) is 1. The highest BCUT2D eigenvalue weighted by Gasteiger charge is 2.34. The first kappa shape index (κ1) is 19.0. The van der Waals surface area contributed by atoms with E-state index in [-0.39, 0.29) is 11.5 Å². The van der Waals surface area contributed by atoms with Crippen molar-refractivity contribution in [1.29, 1.82) is 0 Å². The van der Waals surface area contributed by atoms with Crippen LogP contribution in [0.15, 0.2) is 42.5 Å². The van der Waals surface area contributed by atoms with Gasteiger partial charge in [0.05, 0.1) is 18.8 Å². The largest absolute Gasteiger partial charge is 0.377 e. The van der Waals surface area contributed by atoms with Crippen molar-refractivity contribution in [1.82, 2.24) is 4.90 Å². The van der Waals surface area contributed by atoms with Gasteiger partial charge >= 0.3 is 0 Å². The third-order valence-electron chi connectivity index (χ3n) is 4.46. The first-order chi connectivity index (χ1) is 12.8. The average molecular weight is 374 g/mol. The second-order valence-corrected chi connectivity index (χ2v) is 6.98. The van der Waals surface area contributed by atoms with E-state index in [1.54, 1.807) is 29.2 Å². The molecule has 1 heterocycles. The number of amides is 2. The van der Waals surface area contributed by atoms with Gasteiger partial charge in [0.2, 0.25) is 0 Å². The Morgan fingerprint density at radius 3 is 2.33 bits per heavy atom. The first-order valence-electron chi connectivity index (χ1n) is 8.54. The number of carbonyl (C=O) groups is 2. The number of nitrogens with one attached hydrogen (secondary N) is 1. The zero-order valence-electron chi connectivity index (χ0n) is 15.1. The number of anilines is 1. The van der Waals surface area contributed by atoms with E-state index in [0.717, 1.165) is 12.1 Å². The Kier molecular flexibility index (Phi) is 5.23. The highest BCUT2D eigenvalue weighted by atomic mass is 19.2. The molecule has 0 atom stereocenters. The summed E-state index contributed by atoms with van der Waals surface area (Å²) < 4.78 is 31.7. The molecule has 1 fully saturated rings. The Morgan fingerprint density at radius 1 is 1.04 bits per heavy atom. The van der Waals surface area contributed by atoms with E-state index in [1.165, 1.54) is 6.07 Å². The summed E-state index contributed by atoms with van der Waals surface area (Å²) in [5.41, 5.74) is 0.553. The molecule has 0 unspecified atom stereocenters. The summed E-state index contributed by atoms with van der Waals surface area (Å²) in [6, 6.07) is 9.37. The van der Waals surface area contributed by atoms with E-state index < -0.39 is 23.1 Å². The Hall–Kier alpha value is -2.80. The van der Waals surface area contributed by atoms with Gasteiger partial charge in [-0.05, 0) is 56.3 Å². The molecule has 1 N–H and O–H groups in total. The summed E-state index contributed by atoms with van der Waals surface area (Å²) in [6.45, 7) is 5.38. The number of halogens is 2. The summed E-state index contributed by atoms with van der Waals surface area (Å²) in [7, 11) is 0. The topological polar surface area (TPSA) is 58.6 Å². The first-order valence-corrected chi connectivity index (χ1v) is 8.54. The molecular formula is C20H20F2N2O3. The van der Waals surface area contributed by atoms with E-state index >= 15 is 0 Å².